The monoisotopic (exact) mass is 529 g/mol. The number of thiophene rings is 1. The van der Waals surface area contributed by atoms with Crippen LogP contribution in [0.1, 0.15) is 71.9 Å². The van der Waals surface area contributed by atoms with Crippen molar-refractivity contribution in [3.05, 3.63) is 38.8 Å². The molecule has 1 saturated carbocycles. The molecule has 200 valence electrons. The lowest BCUT2D eigenvalue weighted by Gasteiger charge is -2.47. The molecule has 3 aliphatic rings. The summed E-state index contributed by atoms with van der Waals surface area (Å²) in [5, 5.41) is 34.7. The summed E-state index contributed by atoms with van der Waals surface area (Å²) in [4.78, 5) is 2.21. The molecular formula is C25H34F3N3O4S. The van der Waals surface area contributed by atoms with Crippen LogP contribution in [0.5, 0.6) is 0 Å². The van der Waals surface area contributed by atoms with Crippen molar-refractivity contribution in [3.63, 3.8) is 0 Å². The molecule has 1 spiro atoms. The molecule has 2 aromatic rings. The summed E-state index contributed by atoms with van der Waals surface area (Å²) in [7, 11) is 0. The number of likely N-dealkylation sites (tertiary alicyclic amines) is 1. The van der Waals surface area contributed by atoms with E-state index in [0.717, 1.165) is 36.2 Å². The van der Waals surface area contributed by atoms with E-state index in [0.29, 0.717) is 62.4 Å². The third kappa shape index (κ3) is 4.98. The van der Waals surface area contributed by atoms with E-state index in [1.165, 1.54) is 0 Å². The highest BCUT2D eigenvalue weighted by Gasteiger charge is 2.48. The van der Waals surface area contributed by atoms with Crippen LogP contribution in [0.2, 0.25) is 0 Å². The van der Waals surface area contributed by atoms with Gasteiger partial charge in [0.2, 0.25) is 0 Å². The molecule has 11 heteroatoms. The Morgan fingerprint density at radius 2 is 2.08 bits per heavy atom. The summed E-state index contributed by atoms with van der Waals surface area (Å²) in [5.41, 5.74) is 0.136. The minimum absolute atomic E-state index is 0.0132. The van der Waals surface area contributed by atoms with E-state index < -0.39 is 35.0 Å². The second kappa shape index (κ2) is 9.67. The first-order chi connectivity index (χ1) is 17.0. The van der Waals surface area contributed by atoms with Crippen LogP contribution in [-0.4, -0.2) is 60.9 Å². The third-order valence-corrected chi connectivity index (χ3v) is 9.60. The summed E-state index contributed by atoms with van der Waals surface area (Å²) in [6, 6.07) is 0.0699. The second-order valence-corrected chi connectivity index (χ2v) is 11.8. The van der Waals surface area contributed by atoms with Gasteiger partial charge in [-0.15, -0.1) is 11.3 Å². The fourth-order valence-electron chi connectivity index (χ4n) is 6.10. The molecule has 3 atom stereocenters. The normalized spacial score (nSPS) is 27.1. The van der Waals surface area contributed by atoms with Gasteiger partial charge in [-0.3, -0.25) is 9.58 Å². The molecule has 2 aliphatic heterocycles. The molecule has 2 aromatic heterocycles. The summed E-state index contributed by atoms with van der Waals surface area (Å²) in [5.74, 6) is 0. The van der Waals surface area contributed by atoms with Crippen molar-refractivity contribution in [2.75, 3.05) is 13.2 Å². The fourth-order valence-corrected chi connectivity index (χ4v) is 7.51. The zero-order chi connectivity index (χ0) is 25.7. The molecule has 3 N–H and O–H groups in total. The number of nitrogens with zero attached hydrogens (tertiary/aromatic N) is 3. The van der Waals surface area contributed by atoms with Crippen LogP contribution in [0.25, 0.3) is 0 Å². The van der Waals surface area contributed by atoms with Crippen molar-refractivity contribution in [3.8, 4) is 0 Å². The minimum Gasteiger partial charge on any atom is -0.392 e. The number of aromatic nitrogens is 2. The molecular weight excluding hydrogens is 495 g/mol. The lowest BCUT2D eigenvalue weighted by molar-refractivity contribution is -0.135. The first-order valence-electron chi connectivity index (χ1n) is 12.6. The lowest BCUT2D eigenvalue weighted by atomic mass is 9.76. The van der Waals surface area contributed by atoms with E-state index in [1.54, 1.807) is 10.9 Å². The zero-order valence-electron chi connectivity index (χ0n) is 20.4. The highest BCUT2D eigenvalue weighted by Crippen LogP contribution is 2.51. The van der Waals surface area contributed by atoms with Gasteiger partial charge < -0.3 is 20.1 Å². The maximum atomic E-state index is 13.7. The molecule has 1 unspecified atom stereocenters. The van der Waals surface area contributed by atoms with E-state index in [-0.39, 0.29) is 11.6 Å². The largest absolute Gasteiger partial charge is 0.425 e. The Balaban J connectivity index is 1.25. The first-order valence-corrected chi connectivity index (χ1v) is 13.5. The van der Waals surface area contributed by atoms with E-state index in [4.69, 9.17) is 4.74 Å². The van der Waals surface area contributed by atoms with Crippen molar-refractivity contribution in [2.24, 2.45) is 0 Å². The predicted octanol–water partition coefficient (Wildman–Crippen LogP) is 3.57. The average Bonchev–Trinajstić information content (AvgIpc) is 3.39. The Morgan fingerprint density at radius 3 is 2.72 bits per heavy atom. The predicted molar refractivity (Wildman–Crippen MR) is 127 cm³/mol. The molecule has 0 amide bonds. The molecule has 0 bridgehead atoms. The summed E-state index contributed by atoms with van der Waals surface area (Å²) in [6.45, 7) is 3.43. The molecule has 4 heterocycles. The smallest absolute Gasteiger partial charge is 0.392 e. The quantitative estimate of drug-likeness (QED) is 0.508. The minimum atomic E-state index is -4.49. The Hall–Kier alpha value is -1.50. The van der Waals surface area contributed by atoms with Gasteiger partial charge in [-0.05, 0) is 51.0 Å². The summed E-state index contributed by atoms with van der Waals surface area (Å²) in [6.07, 6.45) is 2.90. The van der Waals surface area contributed by atoms with Gasteiger partial charge in [-0.2, -0.15) is 18.3 Å². The summed E-state index contributed by atoms with van der Waals surface area (Å²) >= 11 is 0.741. The second-order valence-electron chi connectivity index (χ2n) is 10.7. The van der Waals surface area contributed by atoms with Gasteiger partial charge in [-0.25, -0.2) is 0 Å². The Labute approximate surface area is 212 Å². The zero-order valence-corrected chi connectivity index (χ0v) is 21.2. The van der Waals surface area contributed by atoms with Crippen LogP contribution in [0.15, 0.2) is 12.4 Å². The van der Waals surface area contributed by atoms with E-state index >= 15 is 0 Å². The number of piperidine rings is 1. The topological polar surface area (TPSA) is 91.0 Å². The molecule has 7 nitrogen and oxygen atoms in total. The third-order valence-electron chi connectivity index (χ3n) is 8.10. The van der Waals surface area contributed by atoms with Gasteiger partial charge in [0.1, 0.15) is 10.5 Å². The number of hydrogen-bond donors (Lipinski definition) is 3. The molecule has 1 saturated heterocycles. The van der Waals surface area contributed by atoms with Gasteiger partial charge in [0.15, 0.2) is 0 Å². The number of alkyl halides is 3. The van der Waals surface area contributed by atoms with Crippen molar-refractivity contribution in [1.82, 2.24) is 14.7 Å². The van der Waals surface area contributed by atoms with Crippen molar-refractivity contribution in [1.29, 1.82) is 0 Å². The van der Waals surface area contributed by atoms with Gasteiger partial charge in [0, 0.05) is 47.8 Å². The molecule has 1 aliphatic carbocycles. The van der Waals surface area contributed by atoms with Gasteiger partial charge in [-0.1, -0.05) is 0 Å². The average molecular weight is 530 g/mol. The Morgan fingerprint density at radius 1 is 1.31 bits per heavy atom. The highest BCUT2D eigenvalue weighted by atomic mass is 32.1. The fraction of sp³-hybridized carbons (Fsp3) is 0.720. The SMILES string of the molecule is C[C@H]1C[C@@]2(CCN1Cc1cnn(CC(O)CC3(O)CCC3)c1)OCCc1c2sc(C(F)(F)F)c1CO. The number of fused-ring (bicyclic) bond motifs is 2. The van der Waals surface area contributed by atoms with Gasteiger partial charge >= 0.3 is 6.18 Å². The number of aliphatic hydroxyl groups excluding tert-OH is 2. The van der Waals surface area contributed by atoms with Crippen LogP contribution >= 0.6 is 11.3 Å². The van der Waals surface area contributed by atoms with Crippen molar-refractivity contribution in [2.45, 2.75) is 101 Å². The molecule has 36 heavy (non-hydrogen) atoms. The Kier molecular flexibility index (Phi) is 7.01. The number of aliphatic hydroxyl groups is 3. The maximum Gasteiger partial charge on any atom is 0.425 e. The summed E-state index contributed by atoms with van der Waals surface area (Å²) < 4.78 is 48.9. The number of rotatable bonds is 7. The number of ether oxygens (including phenoxy) is 1. The van der Waals surface area contributed by atoms with E-state index in [2.05, 4.69) is 16.9 Å². The first kappa shape index (κ1) is 26.1. The molecule has 0 aromatic carbocycles. The lowest BCUT2D eigenvalue weighted by Crippen LogP contribution is -2.50. The number of halogens is 3. The van der Waals surface area contributed by atoms with Crippen molar-refractivity contribution >= 4 is 11.3 Å². The highest BCUT2D eigenvalue weighted by molar-refractivity contribution is 7.12. The maximum absolute atomic E-state index is 13.7. The van der Waals surface area contributed by atoms with E-state index in [1.807, 2.05) is 6.20 Å². The van der Waals surface area contributed by atoms with Gasteiger partial charge in [0.05, 0.1) is 37.7 Å². The van der Waals surface area contributed by atoms with Crippen LogP contribution in [0.4, 0.5) is 13.2 Å². The van der Waals surface area contributed by atoms with E-state index in [9.17, 15) is 28.5 Å². The molecule has 5 rings (SSSR count). The Bertz CT molecular complexity index is 1080. The van der Waals surface area contributed by atoms with Crippen LogP contribution in [0, 0.1) is 0 Å². The van der Waals surface area contributed by atoms with Gasteiger partial charge in [0.25, 0.3) is 0 Å². The molecule has 0 radical (unpaired) electrons. The van der Waals surface area contributed by atoms with Crippen LogP contribution < -0.4 is 0 Å². The van der Waals surface area contributed by atoms with Crippen molar-refractivity contribution < 1.29 is 33.2 Å². The van der Waals surface area contributed by atoms with Crippen LogP contribution in [0.3, 0.4) is 0 Å². The number of hydrogen-bond acceptors (Lipinski definition) is 7. The van der Waals surface area contributed by atoms with Crippen LogP contribution in [-0.2, 0) is 42.6 Å². The molecule has 2 fully saturated rings. The standard InChI is InChI=1S/C25H34F3N3O4S/c1-16-9-24(21-19(3-8-35-24)20(15-32)22(36-21)25(26,27)28)6-7-30(16)12-17-11-29-31(13-17)14-18(33)10-23(34)4-2-5-23/h11,13,16,18,32-34H,2-10,12,14-15H2,1H3/t16-,18?,24+/m0/s1.